The van der Waals surface area contributed by atoms with Crippen molar-refractivity contribution in [2.45, 2.75) is 26.0 Å². The van der Waals surface area contributed by atoms with E-state index in [1.54, 1.807) is 7.11 Å². The monoisotopic (exact) mass is 163 g/mol. The van der Waals surface area contributed by atoms with E-state index in [9.17, 15) is 0 Å². The van der Waals surface area contributed by atoms with Crippen LogP contribution in [0.25, 0.3) is 0 Å². The summed E-state index contributed by atoms with van der Waals surface area (Å²) < 4.78 is 5.12. The van der Waals surface area contributed by atoms with Crippen molar-refractivity contribution >= 4 is 12.6 Å². The Bertz CT molecular complexity index is 80.0. The minimum atomic E-state index is 0.278. The highest BCUT2D eigenvalue weighted by atomic mass is 32.1. The first kappa shape index (κ1) is 10.3. The fraction of sp³-hybridized carbons (Fsp3) is 1.00. The van der Waals surface area contributed by atoms with Crippen LogP contribution in [0, 0.1) is 0 Å². The molecule has 0 bridgehead atoms. The van der Waals surface area contributed by atoms with Crippen LogP contribution in [0.4, 0.5) is 0 Å². The molecule has 0 saturated heterocycles. The summed E-state index contributed by atoms with van der Waals surface area (Å²) >= 11 is 4.09. The lowest BCUT2D eigenvalue weighted by Crippen LogP contribution is -2.37. The number of hydrogen-bond donors (Lipinski definition) is 2. The van der Waals surface area contributed by atoms with Gasteiger partial charge < -0.3 is 10.1 Å². The van der Waals surface area contributed by atoms with Crippen LogP contribution in [0.1, 0.15) is 13.8 Å². The molecule has 0 aliphatic heterocycles. The van der Waals surface area contributed by atoms with Crippen molar-refractivity contribution in [2.24, 2.45) is 0 Å². The number of methoxy groups -OCH3 is 1. The summed E-state index contributed by atoms with van der Waals surface area (Å²) in [5, 5.41) is 3.28. The van der Waals surface area contributed by atoms with Gasteiger partial charge in [0.05, 0.1) is 6.10 Å². The zero-order valence-electron chi connectivity index (χ0n) is 6.92. The van der Waals surface area contributed by atoms with Crippen LogP contribution in [0.3, 0.4) is 0 Å². The first-order chi connectivity index (χ1) is 4.72. The van der Waals surface area contributed by atoms with Crippen LogP contribution < -0.4 is 5.32 Å². The first-order valence-corrected chi connectivity index (χ1v) is 4.22. The van der Waals surface area contributed by atoms with E-state index in [0.717, 1.165) is 12.3 Å². The lowest BCUT2D eigenvalue weighted by atomic mass is 10.2. The summed E-state index contributed by atoms with van der Waals surface area (Å²) in [6, 6.07) is 0.414. The van der Waals surface area contributed by atoms with Crippen molar-refractivity contribution in [3.63, 3.8) is 0 Å². The van der Waals surface area contributed by atoms with Crippen LogP contribution in [0.15, 0.2) is 0 Å². The molecule has 0 rings (SSSR count). The van der Waals surface area contributed by atoms with Crippen LogP contribution in [0.2, 0.25) is 0 Å². The fourth-order valence-electron chi connectivity index (χ4n) is 0.662. The normalized spacial score (nSPS) is 16.8. The van der Waals surface area contributed by atoms with E-state index < -0.39 is 0 Å². The Balaban J connectivity index is 3.31. The Morgan fingerprint density at radius 1 is 1.50 bits per heavy atom. The minimum absolute atomic E-state index is 0.278. The smallest absolute Gasteiger partial charge is 0.0693 e. The standard InChI is InChI=1S/C7H17NOS/c1-6(7(2)9-3)8-4-5-10/h6-8,10H,4-5H2,1-3H3/t6-,7?/m1/s1. The number of rotatable bonds is 5. The lowest BCUT2D eigenvalue weighted by Gasteiger charge is -2.19. The van der Waals surface area contributed by atoms with Crippen LogP contribution in [-0.2, 0) is 4.74 Å². The molecular formula is C7H17NOS. The van der Waals surface area contributed by atoms with Gasteiger partial charge in [0.1, 0.15) is 0 Å². The molecule has 2 atom stereocenters. The van der Waals surface area contributed by atoms with Crippen molar-refractivity contribution in [1.29, 1.82) is 0 Å². The average Bonchev–Trinajstić information content (AvgIpc) is 1.98. The van der Waals surface area contributed by atoms with Crippen molar-refractivity contribution in [1.82, 2.24) is 5.32 Å². The maximum atomic E-state index is 5.12. The third-order valence-electron chi connectivity index (χ3n) is 1.65. The zero-order chi connectivity index (χ0) is 7.98. The molecule has 0 radical (unpaired) electrons. The first-order valence-electron chi connectivity index (χ1n) is 3.59. The van der Waals surface area contributed by atoms with Gasteiger partial charge in [-0.05, 0) is 13.8 Å². The summed E-state index contributed by atoms with van der Waals surface area (Å²) in [6.45, 7) is 5.10. The Kier molecular flexibility index (Phi) is 6.17. The molecule has 0 aliphatic carbocycles. The SMILES string of the molecule is COC(C)[C@@H](C)NCCS. The predicted molar refractivity (Wildman–Crippen MR) is 47.8 cm³/mol. The van der Waals surface area contributed by atoms with Gasteiger partial charge >= 0.3 is 0 Å². The van der Waals surface area contributed by atoms with Gasteiger partial charge in [0.15, 0.2) is 0 Å². The molecule has 62 valence electrons. The molecule has 10 heavy (non-hydrogen) atoms. The van der Waals surface area contributed by atoms with Crippen LogP contribution in [0.5, 0.6) is 0 Å². The van der Waals surface area contributed by atoms with Crippen molar-refractivity contribution < 1.29 is 4.74 Å². The molecule has 1 N–H and O–H groups in total. The van der Waals surface area contributed by atoms with E-state index in [1.165, 1.54) is 0 Å². The maximum Gasteiger partial charge on any atom is 0.0693 e. The number of nitrogens with one attached hydrogen (secondary N) is 1. The van der Waals surface area contributed by atoms with E-state index in [2.05, 4.69) is 31.8 Å². The van der Waals surface area contributed by atoms with Gasteiger partial charge in [-0.25, -0.2) is 0 Å². The van der Waals surface area contributed by atoms with Gasteiger partial charge in [-0.1, -0.05) is 0 Å². The van der Waals surface area contributed by atoms with E-state index >= 15 is 0 Å². The zero-order valence-corrected chi connectivity index (χ0v) is 7.82. The maximum absolute atomic E-state index is 5.12. The Hall–Kier alpha value is 0.270. The summed E-state index contributed by atoms with van der Waals surface area (Å²) in [4.78, 5) is 0. The van der Waals surface area contributed by atoms with Gasteiger partial charge in [0.2, 0.25) is 0 Å². The molecule has 3 heteroatoms. The highest BCUT2D eigenvalue weighted by Gasteiger charge is 2.08. The highest BCUT2D eigenvalue weighted by molar-refractivity contribution is 7.80. The van der Waals surface area contributed by atoms with E-state index in [0.29, 0.717) is 6.04 Å². The van der Waals surface area contributed by atoms with Crippen molar-refractivity contribution in [2.75, 3.05) is 19.4 Å². The quantitative estimate of drug-likeness (QED) is 0.588. The van der Waals surface area contributed by atoms with Crippen molar-refractivity contribution in [3.8, 4) is 0 Å². The topological polar surface area (TPSA) is 21.3 Å². The largest absolute Gasteiger partial charge is 0.380 e. The second-order valence-corrected chi connectivity index (χ2v) is 2.85. The molecule has 0 aromatic carbocycles. The van der Waals surface area contributed by atoms with Gasteiger partial charge in [-0.2, -0.15) is 12.6 Å². The summed E-state index contributed by atoms with van der Waals surface area (Å²) in [5.41, 5.74) is 0. The third-order valence-corrected chi connectivity index (χ3v) is 1.88. The Morgan fingerprint density at radius 2 is 2.10 bits per heavy atom. The second kappa shape index (κ2) is 6.01. The highest BCUT2D eigenvalue weighted by Crippen LogP contribution is 1.94. The summed E-state index contributed by atoms with van der Waals surface area (Å²) in [7, 11) is 1.73. The van der Waals surface area contributed by atoms with Crippen LogP contribution >= 0.6 is 12.6 Å². The van der Waals surface area contributed by atoms with Gasteiger partial charge in [-0.15, -0.1) is 0 Å². The van der Waals surface area contributed by atoms with E-state index in [-0.39, 0.29) is 6.10 Å². The minimum Gasteiger partial charge on any atom is -0.380 e. The number of thiol groups is 1. The molecule has 0 spiro atoms. The molecule has 0 aromatic rings. The molecule has 1 unspecified atom stereocenters. The molecule has 0 saturated carbocycles. The molecule has 0 aliphatic rings. The molecule has 0 fully saturated rings. The van der Waals surface area contributed by atoms with Gasteiger partial charge in [0.25, 0.3) is 0 Å². The summed E-state index contributed by atoms with van der Waals surface area (Å²) in [6.07, 6.45) is 0.278. The molecule has 2 nitrogen and oxygen atoms in total. The summed E-state index contributed by atoms with van der Waals surface area (Å²) in [5.74, 6) is 0.876. The van der Waals surface area contributed by atoms with Gasteiger partial charge in [-0.3, -0.25) is 0 Å². The number of ether oxygens (including phenoxy) is 1. The van der Waals surface area contributed by atoms with Gasteiger partial charge in [0, 0.05) is 25.4 Å². The van der Waals surface area contributed by atoms with Crippen molar-refractivity contribution in [3.05, 3.63) is 0 Å². The Morgan fingerprint density at radius 3 is 2.50 bits per heavy atom. The molecule has 0 heterocycles. The Labute approximate surface area is 68.7 Å². The second-order valence-electron chi connectivity index (χ2n) is 2.41. The van der Waals surface area contributed by atoms with E-state index in [4.69, 9.17) is 4.74 Å². The number of hydrogen-bond acceptors (Lipinski definition) is 3. The van der Waals surface area contributed by atoms with E-state index in [1.807, 2.05) is 0 Å². The average molecular weight is 163 g/mol. The lowest BCUT2D eigenvalue weighted by molar-refractivity contribution is 0.0895. The van der Waals surface area contributed by atoms with Crippen LogP contribution in [-0.4, -0.2) is 31.6 Å². The molecule has 0 aromatic heterocycles. The fourth-order valence-corrected chi connectivity index (χ4v) is 0.791. The molecule has 0 amide bonds. The predicted octanol–water partition coefficient (Wildman–Crippen LogP) is 0.929. The third kappa shape index (κ3) is 4.14. The molecular weight excluding hydrogens is 146 g/mol.